The Morgan fingerprint density at radius 2 is 1.70 bits per heavy atom. The lowest BCUT2D eigenvalue weighted by atomic mass is 9.95. The van der Waals surface area contributed by atoms with Gasteiger partial charge in [0.05, 0.1) is 0 Å². The normalized spacial score (nSPS) is 12.7. The van der Waals surface area contributed by atoms with E-state index < -0.39 is 35.8 Å². The first-order valence-electron chi connectivity index (χ1n) is 14.2. The summed E-state index contributed by atoms with van der Waals surface area (Å²) in [4.78, 5) is 41.6. The van der Waals surface area contributed by atoms with Crippen molar-refractivity contribution in [1.29, 1.82) is 0 Å². The molecule has 1 heterocycles. The standard InChI is InChI=1S/C31H41N5O7/c1-19-15-22(37)16-20(2)23(19)18-25(34-29(39)40)27(38)33-24(13-9-10-14-32-30(41)42-31(3,4)5)28-35-26(36-43-28)17-21-11-7-6-8-12-21/h6-8,11-12,15-16,24-25,34,37H,9-10,13-14,17-18H2,1-5H3,(H,32,41)(H,33,38)(H,39,40)/t24-,25?/m1/s1. The van der Waals surface area contributed by atoms with E-state index in [0.29, 0.717) is 38.1 Å². The van der Waals surface area contributed by atoms with Crippen molar-refractivity contribution in [3.8, 4) is 5.75 Å². The van der Waals surface area contributed by atoms with E-state index in [1.807, 2.05) is 30.3 Å². The second-order valence-electron chi connectivity index (χ2n) is 11.5. The molecule has 3 aromatic rings. The second kappa shape index (κ2) is 15.0. The zero-order chi connectivity index (χ0) is 31.6. The zero-order valence-electron chi connectivity index (χ0n) is 25.3. The van der Waals surface area contributed by atoms with Gasteiger partial charge in [-0.25, -0.2) is 9.59 Å². The number of unbranched alkanes of at least 4 members (excludes halogenated alkanes) is 1. The molecule has 0 aliphatic rings. The van der Waals surface area contributed by atoms with Crippen LogP contribution in [0.15, 0.2) is 47.0 Å². The van der Waals surface area contributed by atoms with Gasteiger partial charge in [-0.05, 0) is 88.3 Å². The number of benzene rings is 2. The fourth-order valence-corrected chi connectivity index (χ4v) is 4.62. The van der Waals surface area contributed by atoms with Gasteiger partial charge in [0.25, 0.3) is 0 Å². The van der Waals surface area contributed by atoms with Gasteiger partial charge in [0.15, 0.2) is 5.82 Å². The predicted octanol–water partition coefficient (Wildman–Crippen LogP) is 4.71. The van der Waals surface area contributed by atoms with Gasteiger partial charge in [-0.2, -0.15) is 4.98 Å². The van der Waals surface area contributed by atoms with Gasteiger partial charge >= 0.3 is 12.2 Å². The number of carbonyl (C=O) groups excluding carboxylic acids is 2. The van der Waals surface area contributed by atoms with E-state index in [2.05, 4.69) is 26.1 Å². The van der Waals surface area contributed by atoms with E-state index in [4.69, 9.17) is 9.26 Å². The average Bonchev–Trinajstić information content (AvgIpc) is 3.36. The molecule has 0 aliphatic carbocycles. The van der Waals surface area contributed by atoms with Crippen LogP contribution in [0, 0.1) is 13.8 Å². The van der Waals surface area contributed by atoms with Crippen LogP contribution in [0.4, 0.5) is 9.59 Å². The van der Waals surface area contributed by atoms with Crippen molar-refractivity contribution in [2.24, 2.45) is 0 Å². The number of phenols is 1. The highest BCUT2D eigenvalue weighted by atomic mass is 16.6. The molecule has 0 spiro atoms. The zero-order valence-corrected chi connectivity index (χ0v) is 25.3. The number of rotatable bonds is 13. The molecule has 5 N–H and O–H groups in total. The SMILES string of the molecule is Cc1cc(O)cc(C)c1CC(NC(=O)O)C(=O)N[C@H](CCCCNC(=O)OC(C)(C)C)c1nc(Cc2ccccc2)no1. The molecular weight excluding hydrogens is 554 g/mol. The number of alkyl carbamates (subject to hydrolysis) is 1. The number of hydrogen-bond acceptors (Lipinski definition) is 8. The van der Waals surface area contributed by atoms with E-state index >= 15 is 0 Å². The van der Waals surface area contributed by atoms with Gasteiger partial charge in [0.1, 0.15) is 23.4 Å². The fraction of sp³-hybridized carbons (Fsp3) is 0.452. The Hall–Kier alpha value is -4.61. The molecule has 0 saturated carbocycles. The van der Waals surface area contributed by atoms with Crippen LogP contribution in [0.2, 0.25) is 0 Å². The molecule has 0 bridgehead atoms. The van der Waals surface area contributed by atoms with E-state index in [-0.39, 0.29) is 18.1 Å². The molecule has 2 atom stereocenters. The minimum absolute atomic E-state index is 0.0751. The third-order valence-electron chi connectivity index (χ3n) is 6.59. The second-order valence-corrected chi connectivity index (χ2v) is 11.5. The summed E-state index contributed by atoms with van der Waals surface area (Å²) in [6.45, 7) is 9.30. The summed E-state index contributed by atoms with van der Waals surface area (Å²) in [5.74, 6) is 0.178. The first-order chi connectivity index (χ1) is 20.3. The molecule has 1 aromatic heterocycles. The summed E-state index contributed by atoms with van der Waals surface area (Å²) >= 11 is 0. The molecule has 43 heavy (non-hydrogen) atoms. The van der Waals surface area contributed by atoms with Crippen molar-refractivity contribution in [1.82, 2.24) is 26.1 Å². The minimum atomic E-state index is -1.35. The Kier molecular flexibility index (Phi) is 11.5. The van der Waals surface area contributed by atoms with Crippen LogP contribution in [-0.2, 0) is 22.4 Å². The number of hydrogen-bond donors (Lipinski definition) is 5. The number of nitrogens with zero attached hydrogens (tertiary/aromatic N) is 2. The van der Waals surface area contributed by atoms with Gasteiger partial charge in [-0.1, -0.05) is 35.5 Å². The van der Waals surface area contributed by atoms with Gasteiger partial charge < -0.3 is 35.4 Å². The molecule has 0 aliphatic heterocycles. The third-order valence-corrected chi connectivity index (χ3v) is 6.59. The maximum Gasteiger partial charge on any atom is 0.407 e. The van der Waals surface area contributed by atoms with Crippen molar-refractivity contribution in [3.63, 3.8) is 0 Å². The highest BCUT2D eigenvalue weighted by molar-refractivity contribution is 5.86. The van der Waals surface area contributed by atoms with Crippen molar-refractivity contribution < 1.29 is 33.9 Å². The van der Waals surface area contributed by atoms with Crippen molar-refractivity contribution >= 4 is 18.1 Å². The molecule has 3 amide bonds. The molecular formula is C31H41N5O7. The number of carbonyl (C=O) groups is 3. The molecule has 12 nitrogen and oxygen atoms in total. The summed E-state index contributed by atoms with van der Waals surface area (Å²) in [6, 6.07) is 10.9. The lowest BCUT2D eigenvalue weighted by molar-refractivity contribution is -0.124. The topological polar surface area (TPSA) is 176 Å². The lowest BCUT2D eigenvalue weighted by Gasteiger charge is -2.22. The van der Waals surface area contributed by atoms with Crippen LogP contribution in [0.1, 0.15) is 80.0 Å². The lowest BCUT2D eigenvalue weighted by Crippen LogP contribution is -2.48. The fourth-order valence-electron chi connectivity index (χ4n) is 4.62. The van der Waals surface area contributed by atoms with Gasteiger partial charge in [-0.15, -0.1) is 0 Å². The van der Waals surface area contributed by atoms with Crippen molar-refractivity contribution in [2.75, 3.05) is 6.54 Å². The molecule has 0 saturated heterocycles. The largest absolute Gasteiger partial charge is 0.508 e. The Morgan fingerprint density at radius 1 is 1.02 bits per heavy atom. The van der Waals surface area contributed by atoms with Gasteiger partial charge in [0, 0.05) is 19.4 Å². The van der Waals surface area contributed by atoms with E-state index in [9.17, 15) is 24.6 Å². The summed E-state index contributed by atoms with van der Waals surface area (Å²) in [5, 5.41) is 31.4. The van der Waals surface area contributed by atoms with Crippen LogP contribution in [0.3, 0.4) is 0 Å². The number of amides is 3. The number of carboxylic acid groups (broad SMARTS) is 1. The number of ether oxygens (including phenoxy) is 1. The molecule has 2 aromatic carbocycles. The van der Waals surface area contributed by atoms with Crippen LogP contribution < -0.4 is 16.0 Å². The summed E-state index contributed by atoms with van der Waals surface area (Å²) in [7, 11) is 0. The molecule has 0 radical (unpaired) electrons. The van der Waals surface area contributed by atoms with Crippen LogP contribution >= 0.6 is 0 Å². The third kappa shape index (κ3) is 11.0. The summed E-state index contributed by atoms with van der Waals surface area (Å²) < 4.78 is 10.8. The number of nitrogens with one attached hydrogen (secondary N) is 3. The molecule has 0 fully saturated rings. The van der Waals surface area contributed by atoms with E-state index in [0.717, 1.165) is 22.3 Å². The Labute approximate surface area is 251 Å². The smallest absolute Gasteiger partial charge is 0.407 e. The highest BCUT2D eigenvalue weighted by Gasteiger charge is 2.28. The van der Waals surface area contributed by atoms with Crippen molar-refractivity contribution in [2.45, 2.75) is 84.4 Å². The quantitative estimate of drug-likeness (QED) is 0.175. The number of aromatic hydroxyl groups is 1. The Morgan fingerprint density at radius 3 is 2.33 bits per heavy atom. The minimum Gasteiger partial charge on any atom is -0.508 e. The maximum absolute atomic E-state index is 13.5. The van der Waals surface area contributed by atoms with E-state index in [1.54, 1.807) is 46.8 Å². The van der Waals surface area contributed by atoms with E-state index in [1.165, 1.54) is 0 Å². The molecule has 12 heteroatoms. The monoisotopic (exact) mass is 595 g/mol. The number of phenolic OH excluding ortho intramolecular Hbond substituents is 1. The summed E-state index contributed by atoms with van der Waals surface area (Å²) in [6.07, 6.45) is 0.207. The molecule has 1 unspecified atom stereocenters. The predicted molar refractivity (Wildman–Crippen MR) is 159 cm³/mol. The molecule has 232 valence electrons. The average molecular weight is 596 g/mol. The van der Waals surface area contributed by atoms with Crippen LogP contribution in [0.5, 0.6) is 5.75 Å². The first-order valence-corrected chi connectivity index (χ1v) is 14.2. The first kappa shape index (κ1) is 32.9. The Bertz CT molecular complexity index is 1360. The van der Waals surface area contributed by atoms with Crippen LogP contribution in [0.25, 0.3) is 0 Å². The summed E-state index contributed by atoms with van der Waals surface area (Å²) in [5.41, 5.74) is 2.61. The Balaban J connectivity index is 1.74. The highest BCUT2D eigenvalue weighted by Crippen LogP contribution is 2.23. The van der Waals surface area contributed by atoms with Gasteiger partial charge in [-0.3, -0.25) is 4.79 Å². The number of aryl methyl sites for hydroxylation is 2. The van der Waals surface area contributed by atoms with Crippen LogP contribution in [-0.4, -0.2) is 56.6 Å². The van der Waals surface area contributed by atoms with Crippen molar-refractivity contribution in [3.05, 3.63) is 76.4 Å². The maximum atomic E-state index is 13.5. The number of aromatic nitrogens is 2. The molecule has 3 rings (SSSR count). The van der Waals surface area contributed by atoms with Gasteiger partial charge in [0.2, 0.25) is 11.8 Å².